The highest BCUT2D eigenvalue weighted by Crippen LogP contribution is 2.04. The number of hydrogen-bond donors (Lipinski definition) is 1. The lowest BCUT2D eigenvalue weighted by Gasteiger charge is -2.03. The highest BCUT2D eigenvalue weighted by atomic mass is 16.4. The smallest absolute Gasteiger partial charge is 0.337 e. The van der Waals surface area contributed by atoms with Gasteiger partial charge in [-0.15, -0.1) is 0 Å². The quantitative estimate of drug-likeness (QED) is 0.842. The predicted octanol–water partition coefficient (Wildman–Crippen LogP) is 0.896. The first-order valence-electron chi connectivity index (χ1n) is 4.80. The van der Waals surface area contributed by atoms with Crippen molar-refractivity contribution in [2.24, 2.45) is 0 Å². The number of carbonyl (C=O) groups is 1. The lowest BCUT2D eigenvalue weighted by atomic mass is 10.2. The van der Waals surface area contributed by atoms with E-state index in [9.17, 15) is 4.79 Å². The lowest BCUT2D eigenvalue weighted by molar-refractivity contribution is 0.0696. The monoisotopic (exact) mass is 228 g/mol. The average molecular weight is 228 g/mol. The van der Waals surface area contributed by atoms with Gasteiger partial charge in [-0.3, -0.25) is 4.98 Å². The molecule has 0 unspecified atom stereocenters. The van der Waals surface area contributed by atoms with Crippen molar-refractivity contribution in [1.82, 2.24) is 14.5 Å². The predicted molar refractivity (Wildman–Crippen MR) is 57.2 cm³/mol. The Bertz CT molecular complexity index is 580. The molecule has 0 bridgehead atoms. The van der Waals surface area contributed by atoms with Crippen molar-refractivity contribution in [3.8, 4) is 6.07 Å². The Labute approximate surface area is 96.8 Å². The second-order valence-corrected chi connectivity index (χ2v) is 3.33. The van der Waals surface area contributed by atoms with E-state index in [-0.39, 0.29) is 5.56 Å². The Kier molecular flexibility index (Phi) is 2.83. The summed E-state index contributed by atoms with van der Waals surface area (Å²) >= 11 is 0. The third-order valence-corrected chi connectivity index (χ3v) is 2.22. The molecule has 0 radical (unpaired) electrons. The minimum Gasteiger partial charge on any atom is -0.478 e. The molecule has 0 atom stereocenters. The van der Waals surface area contributed by atoms with Crippen LogP contribution in [0.25, 0.3) is 0 Å². The fourth-order valence-electron chi connectivity index (χ4n) is 1.37. The number of carboxylic acids is 1. The summed E-state index contributed by atoms with van der Waals surface area (Å²) in [5.41, 5.74) is 0.810. The molecule has 0 aliphatic heterocycles. The highest BCUT2D eigenvalue weighted by molar-refractivity contribution is 5.87. The summed E-state index contributed by atoms with van der Waals surface area (Å²) in [6.45, 7) is 0.392. The van der Waals surface area contributed by atoms with Gasteiger partial charge in [0.25, 0.3) is 0 Å². The van der Waals surface area contributed by atoms with Crippen LogP contribution >= 0.6 is 0 Å². The number of aromatic nitrogens is 3. The number of nitriles is 1. The third-order valence-electron chi connectivity index (χ3n) is 2.22. The first-order chi connectivity index (χ1) is 8.20. The summed E-state index contributed by atoms with van der Waals surface area (Å²) in [4.78, 5) is 18.5. The van der Waals surface area contributed by atoms with Crippen LogP contribution < -0.4 is 0 Å². The largest absolute Gasteiger partial charge is 0.478 e. The van der Waals surface area contributed by atoms with Crippen molar-refractivity contribution in [3.63, 3.8) is 0 Å². The molecule has 1 N–H and O–H groups in total. The fraction of sp³-hybridized carbons (Fsp3) is 0.0909. The van der Waals surface area contributed by atoms with E-state index in [1.807, 2.05) is 6.07 Å². The summed E-state index contributed by atoms with van der Waals surface area (Å²) in [7, 11) is 0. The summed E-state index contributed by atoms with van der Waals surface area (Å²) in [5, 5.41) is 17.5. The molecule has 6 heteroatoms. The number of pyridine rings is 1. The Hall–Kier alpha value is -2.68. The highest BCUT2D eigenvalue weighted by Gasteiger charge is 2.05. The van der Waals surface area contributed by atoms with Crippen molar-refractivity contribution in [2.75, 3.05) is 0 Å². The van der Waals surface area contributed by atoms with Crippen LogP contribution in [0.4, 0.5) is 0 Å². The maximum atomic E-state index is 10.6. The minimum absolute atomic E-state index is 0.139. The zero-order valence-corrected chi connectivity index (χ0v) is 8.74. The van der Waals surface area contributed by atoms with E-state index in [0.717, 1.165) is 0 Å². The van der Waals surface area contributed by atoms with E-state index in [1.165, 1.54) is 18.5 Å². The van der Waals surface area contributed by atoms with Gasteiger partial charge in [0.1, 0.15) is 6.07 Å². The van der Waals surface area contributed by atoms with E-state index in [0.29, 0.717) is 18.1 Å². The number of imidazole rings is 1. The number of nitrogens with zero attached hydrogens (tertiary/aromatic N) is 4. The first-order valence-corrected chi connectivity index (χ1v) is 4.80. The second-order valence-electron chi connectivity index (χ2n) is 3.33. The summed E-state index contributed by atoms with van der Waals surface area (Å²) in [5.74, 6) is -0.710. The van der Waals surface area contributed by atoms with Gasteiger partial charge < -0.3 is 9.67 Å². The molecule has 0 amide bonds. The van der Waals surface area contributed by atoms with Gasteiger partial charge in [-0.2, -0.15) is 5.26 Å². The zero-order valence-electron chi connectivity index (χ0n) is 8.74. The molecule has 0 saturated carbocycles. The molecule has 0 saturated heterocycles. The van der Waals surface area contributed by atoms with Gasteiger partial charge >= 0.3 is 5.97 Å². The van der Waals surface area contributed by atoms with Crippen LogP contribution in [0.1, 0.15) is 21.9 Å². The van der Waals surface area contributed by atoms with Gasteiger partial charge in [0.15, 0.2) is 0 Å². The summed E-state index contributed by atoms with van der Waals surface area (Å²) < 4.78 is 1.64. The molecule has 2 aromatic rings. The van der Waals surface area contributed by atoms with E-state index in [4.69, 9.17) is 10.4 Å². The Morgan fingerprint density at radius 2 is 2.29 bits per heavy atom. The van der Waals surface area contributed by atoms with E-state index >= 15 is 0 Å². The van der Waals surface area contributed by atoms with E-state index < -0.39 is 5.97 Å². The minimum atomic E-state index is -1.01. The molecule has 2 heterocycles. The van der Waals surface area contributed by atoms with Gasteiger partial charge in [0.05, 0.1) is 17.8 Å². The SMILES string of the molecule is N#Cc1nccn1Cc1ccc(C(=O)O)cn1. The van der Waals surface area contributed by atoms with E-state index in [1.54, 1.807) is 16.8 Å². The molecule has 84 valence electrons. The molecule has 0 spiro atoms. The Morgan fingerprint density at radius 1 is 1.47 bits per heavy atom. The molecule has 2 rings (SSSR count). The van der Waals surface area contributed by atoms with Gasteiger partial charge in [0.2, 0.25) is 5.82 Å². The van der Waals surface area contributed by atoms with Crippen LogP contribution in [-0.2, 0) is 6.54 Å². The molecular weight excluding hydrogens is 220 g/mol. The Morgan fingerprint density at radius 3 is 2.88 bits per heavy atom. The van der Waals surface area contributed by atoms with Crippen molar-refractivity contribution in [3.05, 3.63) is 47.8 Å². The summed E-state index contributed by atoms with van der Waals surface area (Å²) in [6.07, 6.45) is 4.50. The van der Waals surface area contributed by atoms with Gasteiger partial charge in [-0.05, 0) is 12.1 Å². The zero-order chi connectivity index (χ0) is 12.3. The van der Waals surface area contributed by atoms with E-state index in [2.05, 4.69) is 9.97 Å². The molecule has 0 fully saturated rings. The van der Waals surface area contributed by atoms with Crippen LogP contribution in [0.5, 0.6) is 0 Å². The molecule has 2 aromatic heterocycles. The second kappa shape index (κ2) is 4.45. The van der Waals surface area contributed by atoms with Gasteiger partial charge in [0, 0.05) is 18.6 Å². The normalized spacial score (nSPS) is 9.82. The van der Waals surface area contributed by atoms with Crippen LogP contribution in [0.2, 0.25) is 0 Å². The molecule has 0 aromatic carbocycles. The summed E-state index contributed by atoms with van der Waals surface area (Å²) in [6, 6.07) is 5.05. The van der Waals surface area contributed by atoms with Crippen LogP contribution in [0.15, 0.2) is 30.7 Å². The molecule has 0 aliphatic carbocycles. The average Bonchev–Trinajstić information content (AvgIpc) is 2.77. The maximum Gasteiger partial charge on any atom is 0.337 e. The van der Waals surface area contributed by atoms with Crippen molar-refractivity contribution < 1.29 is 9.90 Å². The fourth-order valence-corrected chi connectivity index (χ4v) is 1.37. The van der Waals surface area contributed by atoms with Crippen LogP contribution in [0.3, 0.4) is 0 Å². The number of rotatable bonds is 3. The van der Waals surface area contributed by atoms with Gasteiger partial charge in [-0.25, -0.2) is 9.78 Å². The Balaban J connectivity index is 2.20. The molecular formula is C11H8N4O2. The molecule has 6 nitrogen and oxygen atoms in total. The maximum absolute atomic E-state index is 10.6. The first kappa shape index (κ1) is 10.8. The topological polar surface area (TPSA) is 91.8 Å². The number of carboxylic acid groups (broad SMARTS) is 1. The third kappa shape index (κ3) is 2.29. The molecule has 17 heavy (non-hydrogen) atoms. The van der Waals surface area contributed by atoms with Crippen molar-refractivity contribution in [1.29, 1.82) is 5.26 Å². The van der Waals surface area contributed by atoms with Crippen molar-refractivity contribution >= 4 is 5.97 Å². The number of hydrogen-bond acceptors (Lipinski definition) is 4. The van der Waals surface area contributed by atoms with Crippen molar-refractivity contribution in [2.45, 2.75) is 6.54 Å². The van der Waals surface area contributed by atoms with Gasteiger partial charge in [-0.1, -0.05) is 0 Å². The lowest BCUT2D eigenvalue weighted by Crippen LogP contribution is -2.04. The van der Waals surface area contributed by atoms with Crippen LogP contribution in [-0.4, -0.2) is 25.6 Å². The molecule has 0 aliphatic rings. The van der Waals surface area contributed by atoms with Crippen LogP contribution in [0, 0.1) is 11.3 Å². The number of aromatic carboxylic acids is 1. The standard InChI is InChI=1S/C11H8N4O2/c12-5-10-13-3-4-15(10)7-9-2-1-8(6-14-9)11(16)17/h1-4,6H,7H2,(H,16,17).